The van der Waals surface area contributed by atoms with Crippen molar-refractivity contribution in [3.05, 3.63) is 36.0 Å². The Hall–Kier alpha value is -1.81. The number of rotatable bonds is 5. The fourth-order valence-electron chi connectivity index (χ4n) is 2.63. The number of aromatic amines is 1. The summed E-state index contributed by atoms with van der Waals surface area (Å²) in [4.78, 5) is 19.9. The number of hydrogen-bond donors (Lipinski definition) is 1. The molecule has 108 valence electrons. The van der Waals surface area contributed by atoms with E-state index in [1.54, 1.807) is 0 Å². The molecular weight excluding hydrogens is 250 g/mol. The molecule has 0 aliphatic heterocycles. The molecule has 0 fully saturated rings. The van der Waals surface area contributed by atoms with E-state index in [2.05, 4.69) is 16.8 Å². The van der Waals surface area contributed by atoms with Crippen molar-refractivity contribution in [2.75, 3.05) is 27.2 Å². The van der Waals surface area contributed by atoms with Crippen LogP contribution in [0.4, 0.5) is 0 Å². The monoisotopic (exact) mass is 273 g/mol. The van der Waals surface area contributed by atoms with Crippen LogP contribution in [0.25, 0.3) is 10.9 Å². The van der Waals surface area contributed by atoms with Crippen molar-refractivity contribution in [2.24, 2.45) is 0 Å². The predicted octanol–water partition coefficient (Wildman–Crippen LogP) is 2.58. The summed E-state index contributed by atoms with van der Waals surface area (Å²) in [6, 6.07) is 10.1. The summed E-state index contributed by atoms with van der Waals surface area (Å²) in [5.74, 6) is 0.0676. The summed E-state index contributed by atoms with van der Waals surface area (Å²) in [6.07, 6.45) is 0. The van der Waals surface area contributed by atoms with Gasteiger partial charge in [-0.05, 0) is 40.1 Å². The van der Waals surface area contributed by atoms with E-state index >= 15 is 0 Å². The van der Waals surface area contributed by atoms with Crippen LogP contribution in [0.5, 0.6) is 0 Å². The average Bonchev–Trinajstić information content (AvgIpc) is 2.82. The van der Waals surface area contributed by atoms with Crippen molar-refractivity contribution >= 4 is 16.8 Å². The van der Waals surface area contributed by atoms with Gasteiger partial charge < -0.3 is 14.8 Å². The van der Waals surface area contributed by atoms with Gasteiger partial charge in [0.1, 0.15) is 5.69 Å². The first kappa shape index (κ1) is 14.6. The molecule has 0 aliphatic carbocycles. The Bertz CT molecular complexity index is 555. The molecule has 1 N–H and O–H groups in total. The molecule has 0 saturated carbocycles. The lowest BCUT2D eigenvalue weighted by Crippen LogP contribution is -2.43. The largest absolute Gasteiger partial charge is 0.351 e. The van der Waals surface area contributed by atoms with E-state index in [4.69, 9.17) is 0 Å². The van der Waals surface area contributed by atoms with E-state index in [1.807, 2.05) is 56.3 Å². The molecule has 1 atom stereocenters. The van der Waals surface area contributed by atoms with Gasteiger partial charge in [-0.25, -0.2) is 0 Å². The minimum atomic E-state index is 0.0676. The Morgan fingerprint density at radius 2 is 2.00 bits per heavy atom. The topological polar surface area (TPSA) is 39.3 Å². The number of carbonyl (C=O) groups is 1. The lowest BCUT2D eigenvalue weighted by atomic mass is 10.2. The molecule has 1 aromatic carbocycles. The molecule has 0 spiro atoms. The van der Waals surface area contributed by atoms with Gasteiger partial charge in [0.2, 0.25) is 0 Å². The first-order valence-electron chi connectivity index (χ1n) is 7.06. The number of amides is 1. The summed E-state index contributed by atoms with van der Waals surface area (Å²) in [5, 5.41) is 1.08. The highest BCUT2D eigenvalue weighted by molar-refractivity contribution is 5.98. The van der Waals surface area contributed by atoms with Crippen molar-refractivity contribution in [1.29, 1.82) is 0 Å². The lowest BCUT2D eigenvalue weighted by Gasteiger charge is -2.29. The second-order valence-corrected chi connectivity index (χ2v) is 5.47. The van der Waals surface area contributed by atoms with Crippen LogP contribution in [0.1, 0.15) is 24.3 Å². The van der Waals surface area contributed by atoms with Crippen LogP contribution in [0.3, 0.4) is 0 Å². The number of para-hydroxylation sites is 1. The summed E-state index contributed by atoms with van der Waals surface area (Å²) >= 11 is 0. The second-order valence-electron chi connectivity index (χ2n) is 5.47. The zero-order valence-electron chi connectivity index (χ0n) is 12.7. The van der Waals surface area contributed by atoms with E-state index in [-0.39, 0.29) is 11.9 Å². The van der Waals surface area contributed by atoms with Crippen LogP contribution in [-0.4, -0.2) is 53.9 Å². The zero-order chi connectivity index (χ0) is 14.7. The third-order valence-corrected chi connectivity index (χ3v) is 3.52. The first-order chi connectivity index (χ1) is 9.52. The number of aromatic nitrogens is 1. The maximum absolute atomic E-state index is 12.6. The van der Waals surface area contributed by atoms with Gasteiger partial charge in [0.15, 0.2) is 0 Å². The molecule has 20 heavy (non-hydrogen) atoms. The third-order valence-electron chi connectivity index (χ3n) is 3.52. The molecule has 1 unspecified atom stereocenters. The maximum Gasteiger partial charge on any atom is 0.270 e. The highest BCUT2D eigenvalue weighted by Crippen LogP contribution is 2.17. The van der Waals surface area contributed by atoms with E-state index in [0.29, 0.717) is 12.2 Å². The predicted molar refractivity (Wildman–Crippen MR) is 83.0 cm³/mol. The molecule has 0 saturated heterocycles. The molecule has 0 radical (unpaired) electrons. The Morgan fingerprint density at radius 3 is 2.60 bits per heavy atom. The van der Waals surface area contributed by atoms with E-state index in [0.717, 1.165) is 17.4 Å². The van der Waals surface area contributed by atoms with E-state index in [9.17, 15) is 4.79 Å². The molecular formula is C16H23N3O. The van der Waals surface area contributed by atoms with Gasteiger partial charge >= 0.3 is 0 Å². The zero-order valence-corrected chi connectivity index (χ0v) is 12.7. The molecule has 4 heteroatoms. The van der Waals surface area contributed by atoms with Crippen LogP contribution in [-0.2, 0) is 0 Å². The molecule has 2 aromatic rings. The van der Waals surface area contributed by atoms with Crippen molar-refractivity contribution < 1.29 is 4.79 Å². The SMILES string of the molecule is CCN(C(=O)c1cc2ccccc2[nH]1)C(C)CN(C)C. The average molecular weight is 273 g/mol. The van der Waals surface area contributed by atoms with Gasteiger partial charge in [-0.1, -0.05) is 18.2 Å². The quantitative estimate of drug-likeness (QED) is 0.909. The molecule has 0 bridgehead atoms. The number of carbonyl (C=O) groups excluding carboxylic acids is 1. The molecule has 1 aromatic heterocycles. The molecule has 1 heterocycles. The molecule has 4 nitrogen and oxygen atoms in total. The van der Waals surface area contributed by atoms with Crippen molar-refractivity contribution in [3.8, 4) is 0 Å². The third kappa shape index (κ3) is 3.02. The minimum Gasteiger partial charge on any atom is -0.351 e. The lowest BCUT2D eigenvalue weighted by molar-refractivity contribution is 0.0674. The number of hydrogen-bond acceptors (Lipinski definition) is 2. The Balaban J connectivity index is 2.23. The highest BCUT2D eigenvalue weighted by atomic mass is 16.2. The smallest absolute Gasteiger partial charge is 0.270 e. The summed E-state index contributed by atoms with van der Waals surface area (Å²) < 4.78 is 0. The van der Waals surface area contributed by atoms with E-state index in [1.165, 1.54) is 0 Å². The van der Waals surface area contributed by atoms with Crippen LogP contribution in [0.15, 0.2) is 30.3 Å². The summed E-state index contributed by atoms with van der Waals surface area (Å²) in [7, 11) is 4.05. The molecule has 2 rings (SSSR count). The number of benzene rings is 1. The fourth-order valence-corrected chi connectivity index (χ4v) is 2.63. The number of H-pyrrole nitrogens is 1. The number of likely N-dealkylation sites (N-methyl/N-ethyl adjacent to an activating group) is 2. The van der Waals surface area contributed by atoms with Gasteiger partial charge in [-0.3, -0.25) is 4.79 Å². The van der Waals surface area contributed by atoms with Gasteiger partial charge in [0, 0.05) is 30.0 Å². The first-order valence-corrected chi connectivity index (χ1v) is 7.06. The maximum atomic E-state index is 12.6. The standard InChI is InChI=1S/C16H23N3O/c1-5-19(12(2)11-18(3)4)16(20)15-10-13-8-6-7-9-14(13)17-15/h6-10,12,17H,5,11H2,1-4H3. The Morgan fingerprint density at radius 1 is 1.30 bits per heavy atom. The second kappa shape index (κ2) is 6.09. The van der Waals surface area contributed by atoms with Crippen molar-refractivity contribution in [1.82, 2.24) is 14.8 Å². The summed E-state index contributed by atoms with van der Waals surface area (Å²) in [5.41, 5.74) is 1.67. The van der Waals surface area contributed by atoms with Gasteiger partial charge in [0.05, 0.1) is 0 Å². The number of fused-ring (bicyclic) bond motifs is 1. The van der Waals surface area contributed by atoms with Gasteiger partial charge in [0.25, 0.3) is 5.91 Å². The Kier molecular flexibility index (Phi) is 4.45. The van der Waals surface area contributed by atoms with Crippen molar-refractivity contribution in [2.45, 2.75) is 19.9 Å². The number of nitrogens with one attached hydrogen (secondary N) is 1. The number of nitrogens with zero attached hydrogens (tertiary/aromatic N) is 2. The normalized spacial score (nSPS) is 12.8. The summed E-state index contributed by atoms with van der Waals surface area (Å²) in [6.45, 7) is 5.68. The van der Waals surface area contributed by atoms with Gasteiger partial charge in [-0.15, -0.1) is 0 Å². The van der Waals surface area contributed by atoms with E-state index < -0.39 is 0 Å². The van der Waals surface area contributed by atoms with Crippen LogP contribution < -0.4 is 0 Å². The minimum absolute atomic E-state index is 0.0676. The molecule has 0 aliphatic rings. The van der Waals surface area contributed by atoms with Crippen molar-refractivity contribution in [3.63, 3.8) is 0 Å². The van der Waals surface area contributed by atoms with Crippen LogP contribution >= 0.6 is 0 Å². The van der Waals surface area contributed by atoms with Crippen LogP contribution in [0, 0.1) is 0 Å². The van der Waals surface area contributed by atoms with Crippen LogP contribution in [0.2, 0.25) is 0 Å². The molecule has 1 amide bonds. The van der Waals surface area contributed by atoms with Gasteiger partial charge in [-0.2, -0.15) is 0 Å². The fraction of sp³-hybridized carbons (Fsp3) is 0.438. The Labute approximate surface area is 120 Å². The highest BCUT2D eigenvalue weighted by Gasteiger charge is 2.21.